The second-order valence-corrected chi connectivity index (χ2v) is 8.71. The van der Waals surface area contributed by atoms with E-state index in [-0.39, 0.29) is 30.4 Å². The van der Waals surface area contributed by atoms with Crippen molar-refractivity contribution in [3.63, 3.8) is 0 Å². The number of fused-ring (bicyclic) bond motifs is 1. The molecule has 0 radical (unpaired) electrons. The second-order valence-electron chi connectivity index (χ2n) is 8.71. The Morgan fingerprint density at radius 3 is 2.76 bits per heavy atom. The van der Waals surface area contributed by atoms with Crippen molar-refractivity contribution in [3.8, 4) is 5.75 Å². The Morgan fingerprint density at radius 2 is 1.94 bits per heavy atom. The van der Waals surface area contributed by atoms with Crippen molar-refractivity contribution >= 4 is 17.7 Å². The van der Waals surface area contributed by atoms with Crippen molar-refractivity contribution in [1.29, 1.82) is 0 Å². The van der Waals surface area contributed by atoms with Gasteiger partial charge in [0.2, 0.25) is 11.8 Å². The van der Waals surface area contributed by atoms with Gasteiger partial charge in [0.15, 0.2) is 0 Å². The van der Waals surface area contributed by atoms with Crippen LogP contribution in [-0.2, 0) is 27.4 Å². The van der Waals surface area contributed by atoms with Crippen molar-refractivity contribution in [2.45, 2.75) is 50.5 Å². The lowest BCUT2D eigenvalue weighted by Gasteiger charge is -2.32. The van der Waals surface area contributed by atoms with E-state index in [1.807, 2.05) is 30.3 Å². The summed E-state index contributed by atoms with van der Waals surface area (Å²) < 4.78 is 12.0. The Kier molecular flexibility index (Phi) is 6.11. The highest BCUT2D eigenvalue weighted by atomic mass is 16.5. The number of nitrogens with zero attached hydrogens (tertiary/aromatic N) is 1. The molecular weight excluding hydrogens is 422 g/mol. The molecule has 2 N–H and O–H groups in total. The van der Waals surface area contributed by atoms with Crippen LogP contribution in [0.3, 0.4) is 0 Å². The number of carbonyl (C=O) groups is 3. The van der Waals surface area contributed by atoms with Gasteiger partial charge in [-0.3, -0.25) is 19.7 Å². The zero-order valence-corrected chi connectivity index (χ0v) is 18.3. The highest BCUT2D eigenvalue weighted by molar-refractivity contribution is 6.05. The largest absolute Gasteiger partial charge is 0.489 e. The number of imide groups is 1. The number of carbonyl (C=O) groups excluding carboxylic acids is 3. The Hall–Kier alpha value is -3.23. The Labute approximate surface area is 192 Å². The molecule has 2 aromatic rings. The van der Waals surface area contributed by atoms with Crippen molar-refractivity contribution in [2.75, 3.05) is 13.2 Å². The lowest BCUT2D eigenvalue weighted by Crippen LogP contribution is -2.52. The third-order valence-electron chi connectivity index (χ3n) is 6.49. The molecule has 3 heterocycles. The Morgan fingerprint density at radius 1 is 1.09 bits per heavy atom. The predicted molar refractivity (Wildman–Crippen MR) is 119 cm³/mol. The van der Waals surface area contributed by atoms with Crippen LogP contribution < -0.4 is 15.4 Å². The van der Waals surface area contributed by atoms with E-state index in [0.29, 0.717) is 37.5 Å². The number of amides is 3. The van der Waals surface area contributed by atoms with Crippen molar-refractivity contribution < 1.29 is 23.9 Å². The number of hydrogen-bond acceptors (Lipinski definition) is 6. The van der Waals surface area contributed by atoms with Crippen LogP contribution in [-0.4, -0.2) is 54.0 Å². The van der Waals surface area contributed by atoms with Crippen molar-refractivity contribution in [3.05, 3.63) is 65.2 Å². The minimum atomic E-state index is -0.617. The summed E-state index contributed by atoms with van der Waals surface area (Å²) in [5.41, 5.74) is 2.62. The number of nitrogens with one attached hydrogen (secondary N) is 2. The average Bonchev–Trinajstić information content (AvgIpc) is 3.14. The lowest BCUT2D eigenvalue weighted by atomic mass is 10.0. The first-order chi connectivity index (χ1) is 16.1. The summed E-state index contributed by atoms with van der Waals surface area (Å²) in [6, 6.07) is 15.1. The molecule has 172 valence electrons. The summed E-state index contributed by atoms with van der Waals surface area (Å²) >= 11 is 0. The summed E-state index contributed by atoms with van der Waals surface area (Å²) in [5, 5.41) is 5.87. The number of benzene rings is 2. The average molecular weight is 450 g/mol. The van der Waals surface area contributed by atoms with Gasteiger partial charge in [-0.1, -0.05) is 30.3 Å². The van der Waals surface area contributed by atoms with E-state index in [2.05, 4.69) is 22.8 Å². The van der Waals surface area contributed by atoms with E-state index in [1.54, 1.807) is 11.0 Å². The minimum absolute atomic E-state index is 0.0498. The van der Waals surface area contributed by atoms with Gasteiger partial charge < -0.3 is 19.7 Å². The van der Waals surface area contributed by atoms with Crippen LogP contribution in [0.1, 0.15) is 40.7 Å². The third-order valence-corrected chi connectivity index (χ3v) is 6.49. The molecule has 8 heteroatoms. The molecule has 3 aliphatic rings. The van der Waals surface area contributed by atoms with Crippen LogP contribution in [0.25, 0.3) is 0 Å². The van der Waals surface area contributed by atoms with E-state index in [1.165, 1.54) is 5.56 Å². The van der Waals surface area contributed by atoms with Gasteiger partial charge in [0.25, 0.3) is 5.91 Å². The summed E-state index contributed by atoms with van der Waals surface area (Å²) in [5.74, 6) is -0.175. The van der Waals surface area contributed by atoms with Crippen LogP contribution in [0.4, 0.5) is 0 Å². The smallest absolute Gasteiger partial charge is 0.255 e. The maximum absolute atomic E-state index is 12.9. The van der Waals surface area contributed by atoms with Gasteiger partial charge in [0.1, 0.15) is 17.9 Å². The molecule has 0 spiro atoms. The quantitative estimate of drug-likeness (QED) is 0.653. The highest BCUT2D eigenvalue weighted by Gasteiger charge is 2.39. The Balaban J connectivity index is 1.25. The van der Waals surface area contributed by atoms with E-state index in [4.69, 9.17) is 9.47 Å². The molecule has 0 bridgehead atoms. The normalized spacial score (nSPS) is 25.0. The van der Waals surface area contributed by atoms with Gasteiger partial charge in [0, 0.05) is 31.5 Å². The van der Waals surface area contributed by atoms with Crippen LogP contribution in [0, 0.1) is 0 Å². The van der Waals surface area contributed by atoms with E-state index < -0.39 is 11.9 Å². The fourth-order valence-electron chi connectivity index (χ4n) is 4.69. The molecule has 3 aliphatic heterocycles. The zero-order valence-electron chi connectivity index (χ0n) is 18.3. The van der Waals surface area contributed by atoms with E-state index in [9.17, 15) is 14.4 Å². The summed E-state index contributed by atoms with van der Waals surface area (Å²) in [4.78, 5) is 38.1. The van der Waals surface area contributed by atoms with Crippen LogP contribution in [0.2, 0.25) is 0 Å². The summed E-state index contributed by atoms with van der Waals surface area (Å²) in [7, 11) is 0. The predicted octanol–water partition coefficient (Wildman–Crippen LogP) is 1.77. The molecule has 5 rings (SSSR count). The molecule has 0 aliphatic carbocycles. The molecule has 2 aromatic carbocycles. The molecular formula is C25H27N3O5. The maximum atomic E-state index is 12.9. The molecule has 0 saturated carbocycles. The van der Waals surface area contributed by atoms with Gasteiger partial charge in [-0.05, 0) is 35.7 Å². The molecule has 2 fully saturated rings. The van der Waals surface area contributed by atoms with E-state index >= 15 is 0 Å². The van der Waals surface area contributed by atoms with Crippen molar-refractivity contribution in [1.82, 2.24) is 15.5 Å². The lowest BCUT2D eigenvalue weighted by molar-refractivity contribution is -0.136. The number of piperidine rings is 1. The highest BCUT2D eigenvalue weighted by Crippen LogP contribution is 2.31. The van der Waals surface area contributed by atoms with E-state index in [0.717, 1.165) is 18.5 Å². The second kappa shape index (κ2) is 9.33. The molecule has 0 aromatic heterocycles. The molecule has 3 atom stereocenters. The summed E-state index contributed by atoms with van der Waals surface area (Å²) in [6.07, 6.45) is 1.31. The first-order valence-corrected chi connectivity index (χ1v) is 11.4. The van der Waals surface area contributed by atoms with Crippen LogP contribution >= 0.6 is 0 Å². The molecule has 1 unspecified atom stereocenters. The summed E-state index contributed by atoms with van der Waals surface area (Å²) in [6.45, 7) is 2.28. The number of ether oxygens (including phenoxy) is 2. The zero-order chi connectivity index (χ0) is 22.8. The maximum Gasteiger partial charge on any atom is 0.255 e. The third kappa shape index (κ3) is 4.62. The van der Waals surface area contributed by atoms with Gasteiger partial charge in [0.05, 0.1) is 19.3 Å². The first-order valence-electron chi connectivity index (χ1n) is 11.4. The fraction of sp³-hybridized carbons (Fsp3) is 0.400. The van der Waals surface area contributed by atoms with Gasteiger partial charge in [-0.2, -0.15) is 0 Å². The topological polar surface area (TPSA) is 97.0 Å². The fourth-order valence-corrected chi connectivity index (χ4v) is 4.69. The van der Waals surface area contributed by atoms with Gasteiger partial charge in [-0.15, -0.1) is 0 Å². The van der Waals surface area contributed by atoms with Gasteiger partial charge >= 0.3 is 0 Å². The minimum Gasteiger partial charge on any atom is -0.489 e. The van der Waals surface area contributed by atoms with Crippen LogP contribution in [0.15, 0.2) is 48.5 Å². The molecule has 2 saturated heterocycles. The molecule has 3 amide bonds. The van der Waals surface area contributed by atoms with Crippen molar-refractivity contribution in [2.24, 2.45) is 0 Å². The standard InChI is InChI=1S/C25H27N3O5/c29-23-9-8-21(24(30)27-23)28-14-17-12-18(6-7-19(17)25(28)31)33-22-10-11-32-15-20(22)26-13-16-4-2-1-3-5-16/h1-7,12,20-22,26H,8-11,13-15H2,(H,27,29,30)/t20-,21?,22+/m1/s1. The first kappa shape index (κ1) is 21.6. The SMILES string of the molecule is O=C1CCC(N2Cc3cc(O[C@H]4CCOC[C@H]4NCc4ccccc4)ccc3C2=O)C(=O)N1. The molecule has 8 nitrogen and oxygen atoms in total. The molecule has 33 heavy (non-hydrogen) atoms. The monoisotopic (exact) mass is 449 g/mol. The number of rotatable bonds is 6. The van der Waals surface area contributed by atoms with Gasteiger partial charge in [-0.25, -0.2) is 0 Å². The Bertz CT molecular complexity index is 1060. The number of hydrogen-bond donors (Lipinski definition) is 2. The van der Waals surface area contributed by atoms with Crippen LogP contribution in [0.5, 0.6) is 5.75 Å².